The highest BCUT2D eigenvalue weighted by molar-refractivity contribution is 5.83. The first-order chi connectivity index (χ1) is 13.2. The molecule has 1 unspecified atom stereocenters. The van der Waals surface area contributed by atoms with Crippen molar-refractivity contribution in [1.82, 2.24) is 4.90 Å². The van der Waals surface area contributed by atoms with Gasteiger partial charge in [-0.25, -0.2) is 0 Å². The van der Waals surface area contributed by atoms with Crippen LogP contribution in [-0.4, -0.2) is 35.1 Å². The molecular formula is C24H27NO2. The molecule has 140 valence electrons. The fourth-order valence-corrected chi connectivity index (χ4v) is 4.55. The molecule has 1 heterocycles. The minimum absolute atomic E-state index is 0.314. The number of likely N-dealkylation sites (tertiary alicyclic amines) is 1. The van der Waals surface area contributed by atoms with Gasteiger partial charge in [0.2, 0.25) is 0 Å². The minimum Gasteiger partial charge on any atom is -0.480 e. The van der Waals surface area contributed by atoms with Crippen molar-refractivity contribution >= 4 is 11.5 Å². The third kappa shape index (κ3) is 3.84. The summed E-state index contributed by atoms with van der Waals surface area (Å²) in [4.78, 5) is 13.7. The van der Waals surface area contributed by atoms with Gasteiger partial charge in [-0.05, 0) is 66.5 Å². The van der Waals surface area contributed by atoms with Crippen molar-refractivity contribution < 1.29 is 9.90 Å². The molecule has 0 spiro atoms. The number of fused-ring (bicyclic) bond motifs is 2. The molecule has 0 aromatic heterocycles. The zero-order valence-corrected chi connectivity index (χ0v) is 15.7. The number of nitrogens with zero attached hydrogens (tertiary/aromatic N) is 1. The van der Waals surface area contributed by atoms with Crippen molar-refractivity contribution in [3.63, 3.8) is 0 Å². The fourth-order valence-electron chi connectivity index (χ4n) is 4.55. The van der Waals surface area contributed by atoms with Crippen LogP contribution in [0.5, 0.6) is 0 Å². The van der Waals surface area contributed by atoms with E-state index in [0.717, 1.165) is 51.6 Å². The molecule has 1 saturated heterocycles. The summed E-state index contributed by atoms with van der Waals surface area (Å²) in [7, 11) is 0. The van der Waals surface area contributed by atoms with E-state index in [4.69, 9.17) is 0 Å². The first-order valence-electron chi connectivity index (χ1n) is 10.1. The molecule has 1 atom stereocenters. The smallest absolute Gasteiger partial charge is 0.320 e. The SMILES string of the molecule is O=C(O)C1CCCCN1CCC=C1c2ccccc2CCc2ccccc21. The predicted octanol–water partition coefficient (Wildman–Crippen LogP) is 4.55. The summed E-state index contributed by atoms with van der Waals surface area (Å²) in [6.45, 7) is 1.71. The third-order valence-corrected chi connectivity index (χ3v) is 5.94. The number of piperidine rings is 1. The number of carbonyl (C=O) groups is 1. The number of carboxylic acids is 1. The summed E-state index contributed by atoms with van der Waals surface area (Å²) in [6, 6.07) is 17.1. The summed E-state index contributed by atoms with van der Waals surface area (Å²) in [6.07, 6.45) is 8.24. The Labute approximate surface area is 161 Å². The highest BCUT2D eigenvalue weighted by Gasteiger charge is 2.27. The lowest BCUT2D eigenvalue weighted by Gasteiger charge is -2.32. The third-order valence-electron chi connectivity index (χ3n) is 5.94. The summed E-state index contributed by atoms with van der Waals surface area (Å²) in [5.74, 6) is -0.674. The lowest BCUT2D eigenvalue weighted by Crippen LogP contribution is -2.44. The first-order valence-corrected chi connectivity index (χ1v) is 10.1. The largest absolute Gasteiger partial charge is 0.480 e. The topological polar surface area (TPSA) is 40.5 Å². The number of aryl methyl sites for hydroxylation is 2. The van der Waals surface area contributed by atoms with Crippen molar-refractivity contribution in [1.29, 1.82) is 0 Å². The van der Waals surface area contributed by atoms with Crippen molar-refractivity contribution in [2.75, 3.05) is 13.1 Å². The number of rotatable bonds is 4. The van der Waals surface area contributed by atoms with Gasteiger partial charge >= 0.3 is 5.97 Å². The van der Waals surface area contributed by atoms with E-state index in [-0.39, 0.29) is 6.04 Å². The monoisotopic (exact) mass is 361 g/mol. The summed E-state index contributed by atoms with van der Waals surface area (Å²) in [5, 5.41) is 9.50. The van der Waals surface area contributed by atoms with Gasteiger partial charge in [0.25, 0.3) is 0 Å². The van der Waals surface area contributed by atoms with Gasteiger partial charge in [0.05, 0.1) is 0 Å². The van der Waals surface area contributed by atoms with Crippen LogP contribution in [0.1, 0.15) is 47.9 Å². The summed E-state index contributed by atoms with van der Waals surface area (Å²) >= 11 is 0. The van der Waals surface area contributed by atoms with Gasteiger partial charge in [-0.2, -0.15) is 0 Å². The van der Waals surface area contributed by atoms with Crippen molar-refractivity contribution in [2.45, 2.75) is 44.6 Å². The van der Waals surface area contributed by atoms with Crippen LogP contribution in [0.15, 0.2) is 54.6 Å². The molecule has 1 aliphatic carbocycles. The summed E-state index contributed by atoms with van der Waals surface area (Å²) < 4.78 is 0. The molecule has 2 aromatic rings. The normalized spacial score (nSPS) is 19.7. The molecule has 1 N–H and O–H groups in total. The van der Waals surface area contributed by atoms with E-state index < -0.39 is 5.97 Å². The highest BCUT2D eigenvalue weighted by Crippen LogP contribution is 2.33. The van der Waals surface area contributed by atoms with Gasteiger partial charge in [-0.15, -0.1) is 0 Å². The zero-order valence-electron chi connectivity index (χ0n) is 15.7. The van der Waals surface area contributed by atoms with E-state index in [9.17, 15) is 9.90 Å². The molecule has 4 rings (SSSR count). The minimum atomic E-state index is -0.674. The van der Waals surface area contributed by atoms with Crippen LogP contribution in [0.3, 0.4) is 0 Å². The molecule has 0 amide bonds. The van der Waals surface area contributed by atoms with Gasteiger partial charge in [0.15, 0.2) is 0 Å². The van der Waals surface area contributed by atoms with Gasteiger partial charge in [0, 0.05) is 6.54 Å². The van der Waals surface area contributed by atoms with Crippen molar-refractivity contribution in [3.8, 4) is 0 Å². The van der Waals surface area contributed by atoms with E-state index in [1.54, 1.807) is 0 Å². The van der Waals surface area contributed by atoms with Gasteiger partial charge in [0.1, 0.15) is 6.04 Å². The molecule has 3 heteroatoms. The molecule has 2 aromatic carbocycles. The Bertz CT molecular complexity index is 805. The Balaban J connectivity index is 1.61. The van der Waals surface area contributed by atoms with Crippen LogP contribution in [-0.2, 0) is 17.6 Å². The fraction of sp³-hybridized carbons (Fsp3) is 0.375. The van der Waals surface area contributed by atoms with Gasteiger partial charge in [-0.3, -0.25) is 9.69 Å². The Morgan fingerprint density at radius 1 is 1.00 bits per heavy atom. The van der Waals surface area contributed by atoms with Gasteiger partial charge in [-0.1, -0.05) is 61.0 Å². The Morgan fingerprint density at radius 2 is 1.63 bits per heavy atom. The quantitative estimate of drug-likeness (QED) is 0.869. The average Bonchev–Trinajstić information content (AvgIpc) is 2.86. The van der Waals surface area contributed by atoms with Crippen molar-refractivity contribution in [2.24, 2.45) is 0 Å². The van der Waals surface area contributed by atoms with E-state index in [2.05, 4.69) is 59.5 Å². The molecule has 1 fully saturated rings. The second-order valence-corrected chi connectivity index (χ2v) is 7.61. The van der Waals surface area contributed by atoms with Crippen LogP contribution >= 0.6 is 0 Å². The second kappa shape index (κ2) is 8.10. The van der Waals surface area contributed by atoms with Crippen LogP contribution in [0.25, 0.3) is 5.57 Å². The maximum Gasteiger partial charge on any atom is 0.320 e. The number of carboxylic acid groups (broad SMARTS) is 1. The van der Waals surface area contributed by atoms with Gasteiger partial charge < -0.3 is 5.11 Å². The maximum atomic E-state index is 11.5. The lowest BCUT2D eigenvalue weighted by atomic mass is 9.93. The molecule has 3 nitrogen and oxygen atoms in total. The molecule has 0 bridgehead atoms. The maximum absolute atomic E-state index is 11.5. The van der Waals surface area contributed by atoms with E-state index in [1.807, 2.05) is 0 Å². The predicted molar refractivity (Wildman–Crippen MR) is 109 cm³/mol. The number of hydrogen-bond acceptors (Lipinski definition) is 2. The Kier molecular flexibility index (Phi) is 5.40. The first kappa shape index (κ1) is 18.0. The number of benzene rings is 2. The average molecular weight is 361 g/mol. The Hall–Kier alpha value is -2.39. The number of aliphatic carboxylic acids is 1. The van der Waals surface area contributed by atoms with E-state index in [1.165, 1.54) is 27.8 Å². The highest BCUT2D eigenvalue weighted by atomic mass is 16.4. The molecule has 0 saturated carbocycles. The van der Waals surface area contributed by atoms with Crippen LogP contribution < -0.4 is 0 Å². The number of hydrogen-bond donors (Lipinski definition) is 1. The van der Waals surface area contributed by atoms with E-state index >= 15 is 0 Å². The summed E-state index contributed by atoms with van der Waals surface area (Å²) in [5.41, 5.74) is 6.78. The van der Waals surface area contributed by atoms with Crippen LogP contribution in [0.2, 0.25) is 0 Å². The Morgan fingerprint density at radius 3 is 2.26 bits per heavy atom. The molecular weight excluding hydrogens is 334 g/mol. The standard InChI is InChI=1S/C24H27NO2/c26-24(27)23-13-5-6-16-25(23)17-7-12-22-20-10-3-1-8-18(20)14-15-19-9-2-4-11-21(19)22/h1-4,8-12,23H,5-7,13-17H2,(H,26,27). The van der Waals surface area contributed by atoms with E-state index in [0.29, 0.717) is 0 Å². The van der Waals surface area contributed by atoms with Crippen LogP contribution in [0.4, 0.5) is 0 Å². The molecule has 2 aliphatic rings. The lowest BCUT2D eigenvalue weighted by molar-refractivity contribution is -0.144. The molecule has 0 radical (unpaired) electrons. The molecule has 1 aliphatic heterocycles. The zero-order chi connectivity index (χ0) is 18.6. The molecule has 27 heavy (non-hydrogen) atoms. The van der Waals surface area contributed by atoms with Crippen molar-refractivity contribution in [3.05, 3.63) is 76.9 Å². The second-order valence-electron chi connectivity index (χ2n) is 7.61. The van der Waals surface area contributed by atoms with Crippen LogP contribution in [0, 0.1) is 0 Å².